The SMILES string of the molecule is COC1=CC(=O)[C@](O)(CC(C)=O)c2ccc3cc(OC)ccc3c21. The second-order valence-corrected chi connectivity index (χ2v) is 5.89. The Hall–Kier alpha value is -2.66. The van der Waals surface area contributed by atoms with Crippen LogP contribution in [-0.4, -0.2) is 30.9 Å². The summed E-state index contributed by atoms with van der Waals surface area (Å²) in [6, 6.07) is 8.99. The Bertz CT molecular complexity index is 881. The minimum absolute atomic E-state index is 0.263. The second-order valence-electron chi connectivity index (χ2n) is 5.89. The van der Waals surface area contributed by atoms with Crippen LogP contribution in [0.4, 0.5) is 0 Å². The monoisotopic (exact) mass is 326 g/mol. The van der Waals surface area contributed by atoms with Crippen LogP contribution >= 0.6 is 0 Å². The molecule has 24 heavy (non-hydrogen) atoms. The van der Waals surface area contributed by atoms with Crippen molar-refractivity contribution in [3.8, 4) is 5.75 Å². The Morgan fingerprint density at radius 1 is 1.17 bits per heavy atom. The molecular formula is C19H18O5. The summed E-state index contributed by atoms with van der Waals surface area (Å²) < 4.78 is 10.6. The Labute approximate surface area is 139 Å². The molecule has 0 unspecified atom stereocenters. The molecule has 0 heterocycles. The molecule has 1 N–H and O–H groups in total. The lowest BCUT2D eigenvalue weighted by Crippen LogP contribution is -2.39. The predicted octanol–water partition coefficient (Wildman–Crippen LogP) is 2.59. The normalized spacial score (nSPS) is 19.7. The fraction of sp³-hybridized carbons (Fsp3) is 0.263. The topological polar surface area (TPSA) is 72.8 Å². The highest BCUT2D eigenvalue weighted by Crippen LogP contribution is 2.42. The van der Waals surface area contributed by atoms with Crippen LogP contribution < -0.4 is 4.74 Å². The molecule has 0 saturated carbocycles. The molecule has 0 spiro atoms. The molecular weight excluding hydrogens is 308 g/mol. The zero-order valence-corrected chi connectivity index (χ0v) is 13.8. The first-order chi connectivity index (χ1) is 11.4. The third-order valence-corrected chi connectivity index (χ3v) is 4.31. The van der Waals surface area contributed by atoms with Crippen LogP contribution in [-0.2, 0) is 19.9 Å². The molecule has 5 nitrogen and oxygen atoms in total. The maximum absolute atomic E-state index is 12.4. The fourth-order valence-electron chi connectivity index (χ4n) is 3.19. The summed E-state index contributed by atoms with van der Waals surface area (Å²) in [7, 11) is 3.06. The Morgan fingerprint density at radius 2 is 1.92 bits per heavy atom. The van der Waals surface area contributed by atoms with E-state index in [-0.39, 0.29) is 12.2 Å². The van der Waals surface area contributed by atoms with Crippen molar-refractivity contribution in [3.63, 3.8) is 0 Å². The molecule has 3 rings (SSSR count). The Morgan fingerprint density at radius 3 is 2.54 bits per heavy atom. The molecule has 2 aromatic carbocycles. The van der Waals surface area contributed by atoms with Gasteiger partial charge in [0.1, 0.15) is 17.3 Å². The third-order valence-electron chi connectivity index (χ3n) is 4.31. The van der Waals surface area contributed by atoms with Crippen LogP contribution in [0, 0.1) is 0 Å². The van der Waals surface area contributed by atoms with Gasteiger partial charge in [-0.3, -0.25) is 9.59 Å². The first kappa shape index (κ1) is 16.2. The van der Waals surface area contributed by atoms with Crippen molar-refractivity contribution in [3.05, 3.63) is 47.5 Å². The highest BCUT2D eigenvalue weighted by Gasteiger charge is 2.43. The smallest absolute Gasteiger partial charge is 0.195 e. The van der Waals surface area contributed by atoms with Gasteiger partial charge < -0.3 is 14.6 Å². The van der Waals surface area contributed by atoms with Crippen molar-refractivity contribution in [2.45, 2.75) is 18.9 Å². The van der Waals surface area contributed by atoms with Crippen LogP contribution in [0.15, 0.2) is 36.4 Å². The van der Waals surface area contributed by atoms with Gasteiger partial charge in [0.15, 0.2) is 11.4 Å². The number of methoxy groups -OCH3 is 2. The van der Waals surface area contributed by atoms with E-state index in [1.54, 1.807) is 25.3 Å². The lowest BCUT2D eigenvalue weighted by Gasteiger charge is -2.32. The van der Waals surface area contributed by atoms with Gasteiger partial charge in [0.25, 0.3) is 0 Å². The van der Waals surface area contributed by atoms with Crippen molar-refractivity contribution in [1.82, 2.24) is 0 Å². The molecule has 5 heteroatoms. The van der Waals surface area contributed by atoms with Gasteiger partial charge in [-0.2, -0.15) is 0 Å². The predicted molar refractivity (Wildman–Crippen MR) is 89.7 cm³/mol. The molecule has 0 amide bonds. The van der Waals surface area contributed by atoms with Crippen LogP contribution in [0.25, 0.3) is 16.5 Å². The van der Waals surface area contributed by atoms with E-state index in [9.17, 15) is 14.7 Å². The number of fused-ring (bicyclic) bond motifs is 3. The molecule has 0 aromatic heterocycles. The van der Waals surface area contributed by atoms with E-state index in [0.717, 1.165) is 10.8 Å². The summed E-state index contributed by atoms with van der Waals surface area (Å²) in [5, 5.41) is 12.6. The number of hydrogen-bond acceptors (Lipinski definition) is 5. The first-order valence-corrected chi connectivity index (χ1v) is 7.54. The highest BCUT2D eigenvalue weighted by atomic mass is 16.5. The lowest BCUT2D eigenvalue weighted by molar-refractivity contribution is -0.139. The van der Waals surface area contributed by atoms with Crippen molar-refractivity contribution in [2.75, 3.05) is 14.2 Å². The number of benzene rings is 2. The van der Waals surface area contributed by atoms with Crippen LogP contribution in [0.2, 0.25) is 0 Å². The van der Waals surface area contributed by atoms with E-state index >= 15 is 0 Å². The van der Waals surface area contributed by atoms with Crippen LogP contribution in [0.3, 0.4) is 0 Å². The molecule has 1 atom stereocenters. The number of carbonyl (C=O) groups is 2. The summed E-state index contributed by atoms with van der Waals surface area (Å²) in [5.41, 5.74) is -0.849. The van der Waals surface area contributed by atoms with E-state index in [2.05, 4.69) is 0 Å². The van der Waals surface area contributed by atoms with Crippen LogP contribution in [0.1, 0.15) is 24.5 Å². The van der Waals surface area contributed by atoms with Gasteiger partial charge >= 0.3 is 0 Å². The van der Waals surface area contributed by atoms with E-state index in [0.29, 0.717) is 22.6 Å². The standard InChI is InChI=1S/C19H18O5/c1-11(20)10-19(22)15-7-4-12-8-13(23-2)5-6-14(12)18(15)16(24-3)9-17(19)21/h4-9,22H,10H2,1-3H3/t19-/m0/s1. The summed E-state index contributed by atoms with van der Waals surface area (Å²) in [6.07, 6.45) is 0.989. The quantitative estimate of drug-likeness (QED) is 0.935. The minimum atomic E-state index is -1.86. The molecule has 124 valence electrons. The number of ketones is 2. The van der Waals surface area contributed by atoms with Crippen molar-refractivity contribution in [1.29, 1.82) is 0 Å². The number of carbonyl (C=O) groups excluding carboxylic acids is 2. The van der Waals surface area contributed by atoms with Crippen molar-refractivity contribution in [2.24, 2.45) is 0 Å². The van der Waals surface area contributed by atoms with E-state index in [1.807, 2.05) is 12.1 Å². The van der Waals surface area contributed by atoms with E-state index in [1.165, 1.54) is 20.1 Å². The fourth-order valence-corrected chi connectivity index (χ4v) is 3.19. The number of hydrogen-bond donors (Lipinski definition) is 1. The first-order valence-electron chi connectivity index (χ1n) is 7.54. The molecule has 1 aliphatic rings. The molecule has 2 aromatic rings. The van der Waals surface area contributed by atoms with Crippen LogP contribution in [0.5, 0.6) is 5.75 Å². The number of ether oxygens (including phenoxy) is 2. The van der Waals surface area contributed by atoms with Gasteiger partial charge in [-0.1, -0.05) is 12.1 Å². The van der Waals surface area contributed by atoms with Crippen molar-refractivity contribution < 1.29 is 24.2 Å². The number of rotatable bonds is 4. The van der Waals surface area contributed by atoms with Gasteiger partial charge in [-0.05, 0) is 35.9 Å². The lowest BCUT2D eigenvalue weighted by atomic mass is 9.76. The highest BCUT2D eigenvalue weighted by molar-refractivity contribution is 6.11. The van der Waals surface area contributed by atoms with E-state index in [4.69, 9.17) is 9.47 Å². The summed E-state index contributed by atoms with van der Waals surface area (Å²) in [5.74, 6) is 0.270. The van der Waals surface area contributed by atoms with Gasteiger partial charge in [-0.15, -0.1) is 0 Å². The van der Waals surface area contributed by atoms with Gasteiger partial charge in [0.2, 0.25) is 0 Å². The van der Waals surface area contributed by atoms with E-state index < -0.39 is 11.4 Å². The average molecular weight is 326 g/mol. The molecule has 0 aliphatic heterocycles. The molecule has 1 aliphatic carbocycles. The molecule has 0 fully saturated rings. The van der Waals surface area contributed by atoms with Gasteiger partial charge in [0, 0.05) is 23.6 Å². The third kappa shape index (κ3) is 2.37. The minimum Gasteiger partial charge on any atom is -0.497 e. The Kier molecular flexibility index (Phi) is 3.89. The second kappa shape index (κ2) is 5.76. The zero-order valence-electron chi connectivity index (χ0n) is 13.8. The van der Waals surface area contributed by atoms with Crippen molar-refractivity contribution >= 4 is 28.1 Å². The molecule has 0 radical (unpaired) electrons. The summed E-state index contributed by atoms with van der Waals surface area (Å²) >= 11 is 0. The van der Waals surface area contributed by atoms with Gasteiger partial charge in [0.05, 0.1) is 14.2 Å². The average Bonchev–Trinajstić information content (AvgIpc) is 2.56. The molecule has 0 saturated heterocycles. The largest absolute Gasteiger partial charge is 0.497 e. The zero-order chi connectivity index (χ0) is 17.5. The van der Waals surface area contributed by atoms with Gasteiger partial charge in [-0.25, -0.2) is 0 Å². The number of aliphatic hydroxyl groups is 1. The molecule has 0 bridgehead atoms. The maximum atomic E-state index is 12.4. The Balaban J connectivity index is 2.33. The summed E-state index contributed by atoms with van der Waals surface area (Å²) in [6.45, 7) is 1.35. The summed E-state index contributed by atoms with van der Waals surface area (Å²) in [4.78, 5) is 24.0. The maximum Gasteiger partial charge on any atom is 0.195 e. The number of Topliss-reactive ketones (excluding diaryl/α,β-unsaturated/α-hetero) is 1.